The quantitative estimate of drug-likeness (QED) is 0.778. The minimum Gasteiger partial charge on any atom is -0.313 e. The summed E-state index contributed by atoms with van der Waals surface area (Å²) in [5, 5.41) is 5.69. The van der Waals surface area contributed by atoms with Crippen molar-refractivity contribution in [1.82, 2.24) is 5.32 Å². The summed E-state index contributed by atoms with van der Waals surface area (Å²) in [6, 6.07) is 9.05. The van der Waals surface area contributed by atoms with Crippen LogP contribution in [0.15, 0.2) is 29.6 Å². The van der Waals surface area contributed by atoms with E-state index in [0.29, 0.717) is 0 Å². The van der Waals surface area contributed by atoms with Gasteiger partial charge < -0.3 is 5.32 Å². The van der Waals surface area contributed by atoms with Crippen molar-refractivity contribution < 1.29 is 0 Å². The van der Waals surface area contributed by atoms with E-state index in [0.717, 1.165) is 13.1 Å². The summed E-state index contributed by atoms with van der Waals surface area (Å²) in [6.07, 6.45) is 1.19. The Labute approximate surface area is 114 Å². The van der Waals surface area contributed by atoms with E-state index in [1.165, 1.54) is 33.6 Å². The van der Waals surface area contributed by atoms with Gasteiger partial charge in [0, 0.05) is 11.4 Å². The van der Waals surface area contributed by atoms with Gasteiger partial charge in [-0.05, 0) is 60.5 Å². The van der Waals surface area contributed by atoms with E-state index < -0.39 is 0 Å². The normalized spacial score (nSPS) is 10.8. The molecule has 1 heterocycles. The molecule has 0 aliphatic heterocycles. The molecule has 96 valence electrons. The molecular weight excluding hydrogens is 238 g/mol. The molecule has 18 heavy (non-hydrogen) atoms. The van der Waals surface area contributed by atoms with E-state index in [2.05, 4.69) is 55.7 Å². The molecule has 0 amide bonds. The Morgan fingerprint density at radius 3 is 2.61 bits per heavy atom. The number of aryl methyl sites for hydroxylation is 2. The Balaban J connectivity index is 2.15. The molecule has 1 aromatic heterocycles. The molecule has 1 N–H and O–H groups in total. The first-order valence-electron chi connectivity index (χ1n) is 6.56. The van der Waals surface area contributed by atoms with Crippen LogP contribution >= 0.6 is 11.3 Å². The highest BCUT2D eigenvalue weighted by Crippen LogP contribution is 2.28. The molecule has 0 bridgehead atoms. The molecule has 0 aliphatic rings. The predicted molar refractivity (Wildman–Crippen MR) is 81.2 cm³/mol. The molecule has 1 nitrogen and oxygen atoms in total. The van der Waals surface area contributed by atoms with Gasteiger partial charge in [0.2, 0.25) is 0 Å². The van der Waals surface area contributed by atoms with Crippen molar-refractivity contribution in [3.8, 4) is 11.1 Å². The first-order chi connectivity index (χ1) is 8.70. The third-order valence-electron chi connectivity index (χ3n) is 3.09. The van der Waals surface area contributed by atoms with Crippen molar-refractivity contribution in [1.29, 1.82) is 0 Å². The molecule has 0 fully saturated rings. The maximum atomic E-state index is 3.44. The summed E-state index contributed by atoms with van der Waals surface area (Å²) < 4.78 is 0. The molecule has 2 aromatic rings. The van der Waals surface area contributed by atoms with Crippen LogP contribution in [-0.2, 0) is 6.54 Å². The lowest BCUT2D eigenvalue weighted by molar-refractivity contribution is 0.675. The average Bonchev–Trinajstić information content (AvgIpc) is 2.76. The summed E-state index contributed by atoms with van der Waals surface area (Å²) in [6.45, 7) is 8.61. The molecule has 0 unspecified atom stereocenters. The van der Waals surface area contributed by atoms with E-state index in [9.17, 15) is 0 Å². The van der Waals surface area contributed by atoms with Crippen molar-refractivity contribution in [2.45, 2.75) is 33.7 Å². The van der Waals surface area contributed by atoms with E-state index >= 15 is 0 Å². The molecular formula is C16H21NS. The van der Waals surface area contributed by atoms with Crippen LogP contribution < -0.4 is 5.32 Å². The molecule has 0 saturated carbocycles. The van der Waals surface area contributed by atoms with Gasteiger partial charge in [-0.15, -0.1) is 11.3 Å². The predicted octanol–water partition coefficient (Wildman–Crippen LogP) is 4.53. The van der Waals surface area contributed by atoms with Gasteiger partial charge in [-0.25, -0.2) is 0 Å². The van der Waals surface area contributed by atoms with Gasteiger partial charge in [0.15, 0.2) is 0 Å². The summed E-state index contributed by atoms with van der Waals surface area (Å²) in [4.78, 5) is 1.37. The Bertz CT molecular complexity index is 514. The summed E-state index contributed by atoms with van der Waals surface area (Å²) in [7, 11) is 0. The van der Waals surface area contributed by atoms with E-state index in [4.69, 9.17) is 0 Å². The third kappa shape index (κ3) is 3.21. The largest absolute Gasteiger partial charge is 0.313 e. The maximum Gasteiger partial charge on any atom is 0.0205 e. The van der Waals surface area contributed by atoms with E-state index in [1.807, 2.05) is 11.3 Å². The minimum atomic E-state index is 0.970. The second-order valence-electron chi connectivity index (χ2n) is 4.77. The van der Waals surface area contributed by atoms with Crippen LogP contribution in [0.5, 0.6) is 0 Å². The number of hydrogen-bond donors (Lipinski definition) is 1. The van der Waals surface area contributed by atoms with Gasteiger partial charge in [-0.3, -0.25) is 0 Å². The van der Waals surface area contributed by atoms with Gasteiger partial charge in [0.05, 0.1) is 0 Å². The van der Waals surface area contributed by atoms with Gasteiger partial charge in [0.1, 0.15) is 0 Å². The van der Waals surface area contributed by atoms with E-state index in [-0.39, 0.29) is 0 Å². The smallest absolute Gasteiger partial charge is 0.0205 e. The van der Waals surface area contributed by atoms with Crippen molar-refractivity contribution in [3.63, 3.8) is 0 Å². The van der Waals surface area contributed by atoms with Crippen LogP contribution in [0.4, 0.5) is 0 Å². The van der Waals surface area contributed by atoms with Gasteiger partial charge in [-0.1, -0.05) is 25.1 Å². The highest BCUT2D eigenvalue weighted by Gasteiger charge is 2.04. The average molecular weight is 259 g/mol. The zero-order valence-electron chi connectivity index (χ0n) is 11.4. The Hall–Kier alpha value is -1.12. The number of benzene rings is 1. The zero-order valence-corrected chi connectivity index (χ0v) is 12.2. The molecule has 0 radical (unpaired) electrons. The van der Waals surface area contributed by atoms with Crippen LogP contribution in [0.3, 0.4) is 0 Å². The number of hydrogen-bond acceptors (Lipinski definition) is 2. The fraction of sp³-hybridized carbons (Fsp3) is 0.375. The summed E-state index contributed by atoms with van der Waals surface area (Å²) in [5.41, 5.74) is 5.45. The summed E-state index contributed by atoms with van der Waals surface area (Å²) in [5.74, 6) is 0. The number of nitrogens with one attached hydrogen (secondary N) is 1. The second kappa shape index (κ2) is 6.17. The first kappa shape index (κ1) is 13.3. The second-order valence-corrected chi connectivity index (χ2v) is 5.89. The van der Waals surface area contributed by atoms with Gasteiger partial charge >= 0.3 is 0 Å². The first-order valence-corrected chi connectivity index (χ1v) is 7.44. The minimum absolute atomic E-state index is 0.970. The Morgan fingerprint density at radius 1 is 1.17 bits per heavy atom. The zero-order chi connectivity index (χ0) is 13.0. The Morgan fingerprint density at radius 2 is 2.00 bits per heavy atom. The van der Waals surface area contributed by atoms with Crippen molar-refractivity contribution in [2.75, 3.05) is 6.54 Å². The standard InChI is InChI=1S/C16H21NS/c1-4-7-17-10-14-5-6-16(12(2)8-14)15-9-13(3)18-11-15/h5-6,8-9,11,17H,4,7,10H2,1-3H3. The van der Waals surface area contributed by atoms with Crippen LogP contribution in [0.1, 0.15) is 29.3 Å². The third-order valence-corrected chi connectivity index (χ3v) is 3.95. The highest BCUT2D eigenvalue weighted by molar-refractivity contribution is 7.10. The van der Waals surface area contributed by atoms with Crippen LogP contribution in [0.25, 0.3) is 11.1 Å². The lowest BCUT2D eigenvalue weighted by Gasteiger charge is -2.08. The maximum absolute atomic E-state index is 3.44. The fourth-order valence-electron chi connectivity index (χ4n) is 2.15. The monoisotopic (exact) mass is 259 g/mol. The SMILES string of the molecule is CCCNCc1ccc(-c2csc(C)c2)c(C)c1. The number of rotatable bonds is 5. The van der Waals surface area contributed by atoms with Crippen molar-refractivity contribution in [2.24, 2.45) is 0 Å². The molecule has 0 aliphatic carbocycles. The van der Waals surface area contributed by atoms with Gasteiger partial charge in [-0.2, -0.15) is 0 Å². The van der Waals surface area contributed by atoms with Crippen LogP contribution in [0, 0.1) is 13.8 Å². The lowest BCUT2D eigenvalue weighted by Crippen LogP contribution is -2.13. The molecule has 0 atom stereocenters. The Kier molecular flexibility index (Phi) is 4.56. The highest BCUT2D eigenvalue weighted by atomic mass is 32.1. The van der Waals surface area contributed by atoms with Crippen molar-refractivity contribution >= 4 is 11.3 Å². The van der Waals surface area contributed by atoms with Crippen LogP contribution in [-0.4, -0.2) is 6.54 Å². The number of thiophene rings is 1. The molecule has 0 spiro atoms. The molecule has 0 saturated heterocycles. The van der Waals surface area contributed by atoms with Gasteiger partial charge in [0.25, 0.3) is 0 Å². The van der Waals surface area contributed by atoms with E-state index in [1.54, 1.807) is 0 Å². The molecule has 2 rings (SSSR count). The van der Waals surface area contributed by atoms with Crippen molar-refractivity contribution in [3.05, 3.63) is 45.6 Å². The topological polar surface area (TPSA) is 12.0 Å². The lowest BCUT2D eigenvalue weighted by atomic mass is 10.0. The molecule has 1 aromatic carbocycles. The summed E-state index contributed by atoms with van der Waals surface area (Å²) >= 11 is 1.82. The van der Waals surface area contributed by atoms with Crippen LogP contribution in [0.2, 0.25) is 0 Å². The fourth-order valence-corrected chi connectivity index (χ4v) is 2.86. The molecule has 2 heteroatoms.